The van der Waals surface area contributed by atoms with Gasteiger partial charge in [0.1, 0.15) is 0 Å². The molecule has 0 spiro atoms. The zero-order valence-corrected chi connectivity index (χ0v) is 14.2. The molecule has 1 aliphatic heterocycles. The van der Waals surface area contributed by atoms with Crippen molar-refractivity contribution in [3.63, 3.8) is 0 Å². The molecule has 1 heterocycles. The predicted octanol–water partition coefficient (Wildman–Crippen LogP) is 4.16. The summed E-state index contributed by atoms with van der Waals surface area (Å²) >= 11 is 0. The Balaban J connectivity index is 2.01. The number of hydrogen-bond acceptors (Lipinski definition) is 2. The summed E-state index contributed by atoms with van der Waals surface area (Å²) in [7, 11) is 0. The zero-order valence-electron chi connectivity index (χ0n) is 14.2. The Labute approximate surface area is 147 Å². The van der Waals surface area contributed by atoms with E-state index in [0.29, 0.717) is 22.4 Å². The van der Waals surface area contributed by atoms with E-state index < -0.39 is 5.72 Å². The number of para-hydroxylation sites is 1. The third kappa shape index (κ3) is 2.20. The molecule has 124 valence electrons. The highest BCUT2D eigenvalue weighted by Crippen LogP contribution is 2.45. The van der Waals surface area contributed by atoms with Crippen LogP contribution in [0.1, 0.15) is 32.6 Å². The molecule has 0 aliphatic carbocycles. The summed E-state index contributed by atoms with van der Waals surface area (Å²) in [5.74, 6) is -0.187. The SMILES string of the molecule is Cc1ccc(C2(O)c3ccccc3C(=O)N2c2ccccc2C)cc1. The second kappa shape index (κ2) is 5.57. The summed E-state index contributed by atoms with van der Waals surface area (Å²) in [5.41, 5.74) is 3.07. The molecule has 25 heavy (non-hydrogen) atoms. The van der Waals surface area contributed by atoms with Gasteiger partial charge in [-0.05, 0) is 31.5 Å². The second-order valence-corrected chi connectivity index (χ2v) is 6.51. The maximum absolute atomic E-state index is 13.2. The van der Waals surface area contributed by atoms with Gasteiger partial charge in [0.25, 0.3) is 5.91 Å². The number of anilines is 1. The van der Waals surface area contributed by atoms with Crippen LogP contribution in [0.3, 0.4) is 0 Å². The van der Waals surface area contributed by atoms with Crippen LogP contribution in [0, 0.1) is 13.8 Å². The lowest BCUT2D eigenvalue weighted by Crippen LogP contribution is -2.45. The Morgan fingerprint density at radius 2 is 1.48 bits per heavy atom. The van der Waals surface area contributed by atoms with E-state index in [2.05, 4.69) is 0 Å². The molecule has 0 saturated heterocycles. The van der Waals surface area contributed by atoms with Crippen molar-refractivity contribution in [2.45, 2.75) is 19.6 Å². The molecule has 0 bridgehead atoms. The highest BCUT2D eigenvalue weighted by atomic mass is 16.3. The van der Waals surface area contributed by atoms with E-state index >= 15 is 0 Å². The first-order valence-corrected chi connectivity index (χ1v) is 8.32. The van der Waals surface area contributed by atoms with Crippen molar-refractivity contribution in [3.8, 4) is 0 Å². The zero-order chi connectivity index (χ0) is 17.6. The number of carbonyl (C=O) groups is 1. The number of nitrogens with zero attached hydrogens (tertiary/aromatic N) is 1. The largest absolute Gasteiger partial charge is 0.363 e. The summed E-state index contributed by atoms with van der Waals surface area (Å²) in [5, 5.41) is 11.8. The minimum absolute atomic E-state index is 0.187. The fourth-order valence-electron chi connectivity index (χ4n) is 3.53. The molecule has 4 rings (SSSR count). The summed E-state index contributed by atoms with van der Waals surface area (Å²) in [6, 6.07) is 22.6. The highest BCUT2D eigenvalue weighted by molar-refractivity contribution is 6.12. The first kappa shape index (κ1) is 15.6. The monoisotopic (exact) mass is 329 g/mol. The van der Waals surface area contributed by atoms with Gasteiger partial charge in [0.05, 0.1) is 5.69 Å². The van der Waals surface area contributed by atoms with Crippen LogP contribution in [-0.2, 0) is 5.72 Å². The average molecular weight is 329 g/mol. The molecular weight excluding hydrogens is 310 g/mol. The number of aryl methyl sites for hydroxylation is 2. The van der Waals surface area contributed by atoms with E-state index in [9.17, 15) is 9.90 Å². The standard InChI is InChI=1S/C22H19NO2/c1-15-11-13-17(14-12-15)22(25)19-9-5-4-8-18(19)21(24)23(22)20-10-6-3-7-16(20)2/h3-14,25H,1-2H3. The lowest BCUT2D eigenvalue weighted by molar-refractivity contribution is 0.0702. The normalized spacial score (nSPS) is 19.2. The number of benzene rings is 3. The summed E-state index contributed by atoms with van der Waals surface area (Å²) in [6.07, 6.45) is 0. The van der Waals surface area contributed by atoms with Crippen molar-refractivity contribution in [2.24, 2.45) is 0 Å². The first-order valence-electron chi connectivity index (χ1n) is 8.32. The number of fused-ring (bicyclic) bond motifs is 1. The fraction of sp³-hybridized carbons (Fsp3) is 0.136. The van der Waals surface area contributed by atoms with E-state index in [1.54, 1.807) is 6.07 Å². The smallest absolute Gasteiger partial charge is 0.261 e. The highest BCUT2D eigenvalue weighted by Gasteiger charge is 2.50. The van der Waals surface area contributed by atoms with Crippen LogP contribution in [0.15, 0.2) is 72.8 Å². The maximum atomic E-state index is 13.2. The van der Waals surface area contributed by atoms with Crippen molar-refractivity contribution in [1.29, 1.82) is 0 Å². The van der Waals surface area contributed by atoms with Gasteiger partial charge in [0, 0.05) is 16.7 Å². The Morgan fingerprint density at radius 3 is 2.20 bits per heavy atom. The van der Waals surface area contributed by atoms with Crippen molar-refractivity contribution in [3.05, 3.63) is 101 Å². The Morgan fingerprint density at radius 1 is 0.840 bits per heavy atom. The van der Waals surface area contributed by atoms with Crippen LogP contribution in [-0.4, -0.2) is 11.0 Å². The number of rotatable bonds is 2. The Bertz CT molecular complexity index is 962. The maximum Gasteiger partial charge on any atom is 0.261 e. The van der Waals surface area contributed by atoms with Gasteiger partial charge in [0.15, 0.2) is 5.72 Å². The molecule has 0 saturated carbocycles. The molecule has 1 aliphatic rings. The minimum Gasteiger partial charge on any atom is -0.363 e. The number of hydrogen-bond donors (Lipinski definition) is 1. The van der Waals surface area contributed by atoms with Gasteiger partial charge in [0.2, 0.25) is 0 Å². The van der Waals surface area contributed by atoms with Gasteiger partial charge >= 0.3 is 0 Å². The van der Waals surface area contributed by atoms with Gasteiger partial charge in [-0.15, -0.1) is 0 Å². The van der Waals surface area contributed by atoms with Crippen molar-refractivity contribution in [2.75, 3.05) is 4.90 Å². The van der Waals surface area contributed by atoms with E-state index in [1.165, 1.54) is 4.90 Å². The van der Waals surface area contributed by atoms with Crippen LogP contribution in [0.2, 0.25) is 0 Å². The van der Waals surface area contributed by atoms with Crippen molar-refractivity contribution < 1.29 is 9.90 Å². The minimum atomic E-state index is -1.52. The molecular formula is C22H19NO2. The molecule has 0 radical (unpaired) electrons. The summed E-state index contributed by atoms with van der Waals surface area (Å²) < 4.78 is 0. The number of amides is 1. The molecule has 0 fully saturated rings. The van der Waals surface area contributed by atoms with Crippen LogP contribution in [0.4, 0.5) is 5.69 Å². The third-order valence-electron chi connectivity index (χ3n) is 4.87. The van der Waals surface area contributed by atoms with Gasteiger partial charge in [-0.3, -0.25) is 9.69 Å². The van der Waals surface area contributed by atoms with E-state index in [0.717, 1.165) is 11.1 Å². The van der Waals surface area contributed by atoms with Crippen molar-refractivity contribution in [1.82, 2.24) is 0 Å². The number of aliphatic hydroxyl groups is 1. The lowest BCUT2D eigenvalue weighted by Gasteiger charge is -2.35. The molecule has 3 nitrogen and oxygen atoms in total. The van der Waals surface area contributed by atoms with Gasteiger partial charge in [-0.25, -0.2) is 0 Å². The third-order valence-corrected chi connectivity index (χ3v) is 4.87. The second-order valence-electron chi connectivity index (χ2n) is 6.51. The predicted molar refractivity (Wildman–Crippen MR) is 98.6 cm³/mol. The van der Waals surface area contributed by atoms with Crippen molar-refractivity contribution >= 4 is 11.6 Å². The van der Waals surface area contributed by atoms with E-state index in [4.69, 9.17) is 0 Å². The molecule has 1 N–H and O–H groups in total. The molecule has 3 aromatic carbocycles. The summed E-state index contributed by atoms with van der Waals surface area (Å²) in [6.45, 7) is 3.95. The fourth-order valence-corrected chi connectivity index (χ4v) is 3.53. The van der Waals surface area contributed by atoms with Crippen LogP contribution >= 0.6 is 0 Å². The van der Waals surface area contributed by atoms with Gasteiger partial charge in [-0.2, -0.15) is 0 Å². The Kier molecular flexibility index (Phi) is 3.48. The van der Waals surface area contributed by atoms with Gasteiger partial charge < -0.3 is 5.11 Å². The topological polar surface area (TPSA) is 40.5 Å². The molecule has 1 atom stereocenters. The number of carbonyl (C=O) groups excluding carboxylic acids is 1. The first-order chi connectivity index (χ1) is 12.0. The Hall–Kier alpha value is -2.91. The molecule has 3 heteroatoms. The van der Waals surface area contributed by atoms with Crippen LogP contribution in [0.25, 0.3) is 0 Å². The molecule has 0 aromatic heterocycles. The molecule has 1 amide bonds. The molecule has 3 aromatic rings. The van der Waals surface area contributed by atoms with Gasteiger partial charge in [-0.1, -0.05) is 66.2 Å². The van der Waals surface area contributed by atoms with Crippen LogP contribution < -0.4 is 4.90 Å². The van der Waals surface area contributed by atoms with Crippen LogP contribution in [0.5, 0.6) is 0 Å². The molecule has 1 unspecified atom stereocenters. The van der Waals surface area contributed by atoms with E-state index in [1.807, 2.05) is 80.6 Å². The lowest BCUT2D eigenvalue weighted by atomic mass is 9.92. The summed E-state index contributed by atoms with van der Waals surface area (Å²) in [4.78, 5) is 14.7. The quantitative estimate of drug-likeness (QED) is 0.767. The van der Waals surface area contributed by atoms with E-state index in [-0.39, 0.29) is 5.91 Å². The average Bonchev–Trinajstić information content (AvgIpc) is 2.85.